The standard InChI is InChI=1S/C18H17ClN2O/c1-22-17-8-7-16(15-6-3-10-21-18(15)17)20-11-9-13-4-2-5-14(19)12-13/h2-8,10,12,20H,9,11H2,1H3. The van der Waals surface area contributed by atoms with Crippen LogP contribution in [0.1, 0.15) is 5.56 Å². The summed E-state index contributed by atoms with van der Waals surface area (Å²) in [5, 5.41) is 5.31. The SMILES string of the molecule is COc1ccc(NCCc2cccc(Cl)c2)c2cccnc12. The quantitative estimate of drug-likeness (QED) is 0.750. The lowest BCUT2D eigenvalue weighted by atomic mass is 10.1. The van der Waals surface area contributed by atoms with Gasteiger partial charge in [-0.15, -0.1) is 0 Å². The maximum absolute atomic E-state index is 6.01. The molecule has 22 heavy (non-hydrogen) atoms. The van der Waals surface area contributed by atoms with E-state index in [9.17, 15) is 0 Å². The molecule has 1 aromatic heterocycles. The Balaban J connectivity index is 1.77. The van der Waals surface area contributed by atoms with Crippen molar-refractivity contribution in [2.45, 2.75) is 6.42 Å². The Morgan fingerprint density at radius 3 is 2.86 bits per heavy atom. The lowest BCUT2D eigenvalue weighted by molar-refractivity contribution is 0.419. The molecule has 0 spiro atoms. The summed E-state index contributed by atoms with van der Waals surface area (Å²) in [6.07, 6.45) is 2.69. The van der Waals surface area contributed by atoms with Crippen LogP contribution in [0, 0.1) is 0 Å². The molecule has 0 aliphatic rings. The average Bonchev–Trinajstić information content (AvgIpc) is 2.55. The van der Waals surface area contributed by atoms with Gasteiger partial charge in [0.15, 0.2) is 0 Å². The third-order valence-corrected chi connectivity index (χ3v) is 3.81. The summed E-state index contributed by atoms with van der Waals surface area (Å²) < 4.78 is 5.36. The van der Waals surface area contributed by atoms with Crippen LogP contribution >= 0.6 is 11.6 Å². The molecule has 1 N–H and O–H groups in total. The number of hydrogen-bond donors (Lipinski definition) is 1. The molecule has 4 heteroatoms. The van der Waals surface area contributed by atoms with Gasteiger partial charge in [0.05, 0.1) is 7.11 Å². The fourth-order valence-corrected chi connectivity index (χ4v) is 2.71. The summed E-state index contributed by atoms with van der Waals surface area (Å²) in [6, 6.07) is 15.9. The second-order valence-corrected chi connectivity index (χ2v) is 5.46. The van der Waals surface area contributed by atoms with Crippen molar-refractivity contribution >= 4 is 28.2 Å². The van der Waals surface area contributed by atoms with E-state index in [0.717, 1.165) is 40.3 Å². The number of nitrogens with zero attached hydrogens (tertiary/aromatic N) is 1. The smallest absolute Gasteiger partial charge is 0.145 e. The molecule has 3 nitrogen and oxygen atoms in total. The zero-order valence-electron chi connectivity index (χ0n) is 12.3. The van der Waals surface area contributed by atoms with Gasteiger partial charge < -0.3 is 10.1 Å². The monoisotopic (exact) mass is 312 g/mol. The molecule has 3 rings (SSSR count). The van der Waals surface area contributed by atoms with E-state index in [4.69, 9.17) is 16.3 Å². The summed E-state index contributed by atoms with van der Waals surface area (Å²) in [4.78, 5) is 4.41. The van der Waals surface area contributed by atoms with Gasteiger partial charge in [-0.25, -0.2) is 0 Å². The summed E-state index contributed by atoms with van der Waals surface area (Å²) in [5.41, 5.74) is 3.15. The normalized spacial score (nSPS) is 10.6. The number of pyridine rings is 1. The maximum Gasteiger partial charge on any atom is 0.145 e. The minimum atomic E-state index is 0.775. The van der Waals surface area contributed by atoms with Gasteiger partial charge in [0, 0.05) is 28.8 Å². The van der Waals surface area contributed by atoms with E-state index < -0.39 is 0 Å². The van der Waals surface area contributed by atoms with Crippen LogP contribution in [-0.4, -0.2) is 18.6 Å². The van der Waals surface area contributed by atoms with Crippen molar-refractivity contribution in [3.05, 3.63) is 65.3 Å². The van der Waals surface area contributed by atoms with Crippen molar-refractivity contribution in [3.63, 3.8) is 0 Å². The Morgan fingerprint density at radius 2 is 2.05 bits per heavy atom. The first kappa shape index (κ1) is 14.7. The van der Waals surface area contributed by atoms with Crippen LogP contribution in [-0.2, 0) is 6.42 Å². The summed E-state index contributed by atoms with van der Waals surface area (Å²) >= 11 is 6.01. The molecule has 2 aromatic carbocycles. The highest BCUT2D eigenvalue weighted by molar-refractivity contribution is 6.30. The first-order valence-corrected chi connectivity index (χ1v) is 7.56. The van der Waals surface area contributed by atoms with Crippen molar-refractivity contribution in [2.75, 3.05) is 19.0 Å². The topological polar surface area (TPSA) is 34.1 Å². The molecule has 0 aliphatic heterocycles. The van der Waals surface area contributed by atoms with Crippen LogP contribution in [0.3, 0.4) is 0 Å². The fraction of sp³-hybridized carbons (Fsp3) is 0.167. The zero-order valence-corrected chi connectivity index (χ0v) is 13.1. The third kappa shape index (κ3) is 3.15. The van der Waals surface area contributed by atoms with Gasteiger partial charge in [-0.1, -0.05) is 23.7 Å². The second kappa shape index (κ2) is 6.67. The number of nitrogens with one attached hydrogen (secondary N) is 1. The molecule has 1 heterocycles. The highest BCUT2D eigenvalue weighted by atomic mass is 35.5. The van der Waals surface area contributed by atoms with Gasteiger partial charge in [-0.2, -0.15) is 0 Å². The minimum absolute atomic E-state index is 0.775. The number of rotatable bonds is 5. The second-order valence-electron chi connectivity index (χ2n) is 5.02. The molecule has 0 radical (unpaired) electrons. The van der Waals surface area contributed by atoms with Gasteiger partial charge >= 0.3 is 0 Å². The van der Waals surface area contributed by atoms with Crippen molar-refractivity contribution < 1.29 is 4.74 Å². The third-order valence-electron chi connectivity index (χ3n) is 3.57. The van der Waals surface area contributed by atoms with Crippen molar-refractivity contribution in [2.24, 2.45) is 0 Å². The van der Waals surface area contributed by atoms with Crippen molar-refractivity contribution in [1.82, 2.24) is 4.98 Å². The van der Waals surface area contributed by atoms with E-state index in [0.29, 0.717) is 0 Å². The van der Waals surface area contributed by atoms with Crippen LogP contribution < -0.4 is 10.1 Å². The molecule has 0 fully saturated rings. The van der Waals surface area contributed by atoms with E-state index in [1.165, 1.54) is 5.56 Å². The lowest BCUT2D eigenvalue weighted by Crippen LogP contribution is -2.05. The van der Waals surface area contributed by atoms with Gasteiger partial charge in [-0.3, -0.25) is 4.98 Å². The molecule has 0 atom stereocenters. The van der Waals surface area contributed by atoms with Gasteiger partial charge in [0.25, 0.3) is 0 Å². The van der Waals surface area contributed by atoms with Crippen molar-refractivity contribution in [3.8, 4) is 5.75 Å². The first-order valence-electron chi connectivity index (χ1n) is 7.18. The largest absolute Gasteiger partial charge is 0.494 e. The molecule has 3 aromatic rings. The highest BCUT2D eigenvalue weighted by Gasteiger charge is 2.06. The lowest BCUT2D eigenvalue weighted by Gasteiger charge is -2.12. The molecule has 0 bridgehead atoms. The van der Waals surface area contributed by atoms with E-state index in [2.05, 4.69) is 16.4 Å². The number of aromatic nitrogens is 1. The Hall–Kier alpha value is -2.26. The number of benzene rings is 2. The molecule has 0 aliphatic carbocycles. The van der Waals surface area contributed by atoms with Gasteiger partial charge in [-0.05, 0) is 48.4 Å². The number of methoxy groups -OCH3 is 1. The van der Waals surface area contributed by atoms with Gasteiger partial charge in [0.2, 0.25) is 0 Å². The predicted octanol–water partition coefficient (Wildman–Crippen LogP) is 4.55. The summed E-state index contributed by atoms with van der Waals surface area (Å²) in [7, 11) is 1.66. The minimum Gasteiger partial charge on any atom is -0.494 e. The fourth-order valence-electron chi connectivity index (χ4n) is 2.50. The predicted molar refractivity (Wildman–Crippen MR) is 91.9 cm³/mol. The van der Waals surface area contributed by atoms with E-state index in [-0.39, 0.29) is 0 Å². The molecule has 0 unspecified atom stereocenters. The Kier molecular flexibility index (Phi) is 4.45. The van der Waals surface area contributed by atoms with Crippen LogP contribution in [0.4, 0.5) is 5.69 Å². The van der Waals surface area contributed by atoms with Gasteiger partial charge in [0.1, 0.15) is 11.3 Å². The molecule has 0 saturated heterocycles. The van der Waals surface area contributed by atoms with E-state index >= 15 is 0 Å². The van der Waals surface area contributed by atoms with Crippen LogP contribution in [0.15, 0.2) is 54.7 Å². The summed E-state index contributed by atoms with van der Waals surface area (Å²) in [5.74, 6) is 0.788. The molecular formula is C18H17ClN2O. The molecule has 0 amide bonds. The Labute approximate surface area is 134 Å². The van der Waals surface area contributed by atoms with E-state index in [1.807, 2.05) is 42.5 Å². The number of hydrogen-bond acceptors (Lipinski definition) is 3. The maximum atomic E-state index is 6.01. The zero-order chi connectivity index (χ0) is 15.4. The number of anilines is 1. The Bertz CT molecular complexity index is 789. The molecular weight excluding hydrogens is 296 g/mol. The molecule has 112 valence electrons. The first-order chi connectivity index (χ1) is 10.8. The highest BCUT2D eigenvalue weighted by Crippen LogP contribution is 2.29. The van der Waals surface area contributed by atoms with Crippen LogP contribution in [0.25, 0.3) is 10.9 Å². The van der Waals surface area contributed by atoms with Crippen LogP contribution in [0.5, 0.6) is 5.75 Å². The van der Waals surface area contributed by atoms with Crippen LogP contribution in [0.2, 0.25) is 5.02 Å². The average molecular weight is 313 g/mol. The molecule has 0 saturated carbocycles. The summed E-state index contributed by atoms with van der Waals surface area (Å²) in [6.45, 7) is 0.830. The number of ether oxygens (including phenoxy) is 1. The van der Waals surface area contributed by atoms with Crippen molar-refractivity contribution in [1.29, 1.82) is 0 Å². The Morgan fingerprint density at radius 1 is 1.14 bits per heavy atom. The number of halogens is 1. The van der Waals surface area contributed by atoms with E-state index in [1.54, 1.807) is 13.3 Å². The number of fused-ring (bicyclic) bond motifs is 1.